The van der Waals surface area contributed by atoms with Gasteiger partial charge in [0, 0.05) is 5.56 Å². The Bertz CT molecular complexity index is 410. The van der Waals surface area contributed by atoms with Gasteiger partial charge >= 0.3 is 0 Å². The topological polar surface area (TPSA) is 49.7 Å². The normalized spacial score (nSPS) is 18.9. The summed E-state index contributed by atoms with van der Waals surface area (Å²) in [5.41, 5.74) is 2.83. The van der Waals surface area contributed by atoms with E-state index in [2.05, 4.69) is 0 Å². The molecule has 2 N–H and O–H groups in total. The summed E-state index contributed by atoms with van der Waals surface area (Å²) in [7, 11) is 1.60. The number of aliphatic hydroxyl groups is 2. The third-order valence-corrected chi connectivity index (χ3v) is 3.66. The van der Waals surface area contributed by atoms with Crippen molar-refractivity contribution < 1.29 is 14.9 Å². The Hall–Kier alpha value is -1.06. The maximum Gasteiger partial charge on any atom is 0.127 e. The molecule has 1 aromatic rings. The van der Waals surface area contributed by atoms with Gasteiger partial charge in [-0.2, -0.15) is 0 Å². The van der Waals surface area contributed by atoms with E-state index in [1.807, 2.05) is 26.0 Å². The van der Waals surface area contributed by atoms with E-state index in [0.717, 1.165) is 24.0 Å². The standard InChI is InChI=1S/C14H20O3/c1-8-4-7-11(14(17-3)9(8)2)13(16)12(15)10-5-6-10/h4,7,10,12-13,15-16H,5-6H2,1-3H3. The second-order valence-corrected chi connectivity index (χ2v) is 4.90. The summed E-state index contributed by atoms with van der Waals surface area (Å²) >= 11 is 0. The Morgan fingerprint density at radius 1 is 1.24 bits per heavy atom. The van der Waals surface area contributed by atoms with Crippen LogP contribution in [0, 0.1) is 19.8 Å². The number of aryl methyl sites for hydroxylation is 1. The third kappa shape index (κ3) is 2.31. The molecule has 1 fully saturated rings. The molecule has 0 heterocycles. The molecule has 0 spiro atoms. The Morgan fingerprint density at radius 2 is 1.88 bits per heavy atom. The number of benzene rings is 1. The van der Waals surface area contributed by atoms with Crippen LogP contribution in [0.3, 0.4) is 0 Å². The second-order valence-electron chi connectivity index (χ2n) is 4.90. The Morgan fingerprint density at radius 3 is 2.41 bits per heavy atom. The zero-order valence-corrected chi connectivity index (χ0v) is 10.6. The van der Waals surface area contributed by atoms with Gasteiger partial charge < -0.3 is 14.9 Å². The highest BCUT2D eigenvalue weighted by atomic mass is 16.5. The number of methoxy groups -OCH3 is 1. The monoisotopic (exact) mass is 236 g/mol. The van der Waals surface area contributed by atoms with Gasteiger partial charge in [0.25, 0.3) is 0 Å². The molecule has 3 heteroatoms. The average Bonchev–Trinajstić information content (AvgIpc) is 3.14. The van der Waals surface area contributed by atoms with Crippen molar-refractivity contribution in [2.75, 3.05) is 7.11 Å². The van der Waals surface area contributed by atoms with Crippen molar-refractivity contribution in [2.45, 2.75) is 38.9 Å². The van der Waals surface area contributed by atoms with E-state index in [4.69, 9.17) is 4.74 Å². The van der Waals surface area contributed by atoms with E-state index in [9.17, 15) is 10.2 Å². The van der Waals surface area contributed by atoms with Crippen molar-refractivity contribution in [3.8, 4) is 5.75 Å². The van der Waals surface area contributed by atoms with Crippen LogP contribution in [0.4, 0.5) is 0 Å². The van der Waals surface area contributed by atoms with Gasteiger partial charge in [0.05, 0.1) is 13.2 Å². The van der Waals surface area contributed by atoms with E-state index in [1.165, 1.54) is 0 Å². The fraction of sp³-hybridized carbons (Fsp3) is 0.571. The van der Waals surface area contributed by atoms with Gasteiger partial charge in [-0.05, 0) is 43.7 Å². The van der Waals surface area contributed by atoms with Gasteiger partial charge in [0.15, 0.2) is 0 Å². The molecule has 2 unspecified atom stereocenters. The van der Waals surface area contributed by atoms with Crippen molar-refractivity contribution >= 4 is 0 Å². The van der Waals surface area contributed by atoms with Crippen molar-refractivity contribution in [1.82, 2.24) is 0 Å². The fourth-order valence-electron chi connectivity index (χ4n) is 2.19. The summed E-state index contributed by atoms with van der Waals surface area (Å²) in [4.78, 5) is 0. The number of hydrogen-bond acceptors (Lipinski definition) is 3. The first-order chi connectivity index (χ1) is 8.06. The van der Waals surface area contributed by atoms with Crippen molar-refractivity contribution in [3.05, 3.63) is 28.8 Å². The number of ether oxygens (including phenoxy) is 1. The van der Waals surface area contributed by atoms with Gasteiger partial charge in [-0.15, -0.1) is 0 Å². The van der Waals surface area contributed by atoms with Crippen molar-refractivity contribution in [1.29, 1.82) is 0 Å². The molecule has 1 aromatic carbocycles. The molecule has 94 valence electrons. The number of aliphatic hydroxyl groups excluding tert-OH is 2. The Kier molecular flexibility index (Phi) is 3.40. The SMILES string of the molecule is COc1c(C(O)C(O)C2CC2)ccc(C)c1C. The molecular formula is C14H20O3. The maximum atomic E-state index is 10.2. The molecule has 0 aliphatic heterocycles. The smallest absolute Gasteiger partial charge is 0.127 e. The molecule has 1 saturated carbocycles. The highest BCUT2D eigenvalue weighted by Gasteiger charge is 2.36. The van der Waals surface area contributed by atoms with Crippen LogP contribution in [-0.4, -0.2) is 23.4 Å². The zero-order chi connectivity index (χ0) is 12.6. The molecule has 1 aliphatic rings. The summed E-state index contributed by atoms with van der Waals surface area (Å²) in [5, 5.41) is 20.2. The van der Waals surface area contributed by atoms with Gasteiger partial charge in [0.1, 0.15) is 11.9 Å². The molecule has 0 aromatic heterocycles. The molecule has 0 radical (unpaired) electrons. The minimum atomic E-state index is -0.850. The van der Waals surface area contributed by atoms with Crippen LogP contribution in [0.2, 0.25) is 0 Å². The van der Waals surface area contributed by atoms with E-state index in [-0.39, 0.29) is 5.92 Å². The molecule has 0 amide bonds. The van der Waals surface area contributed by atoms with Crippen LogP contribution in [0.5, 0.6) is 5.75 Å². The molecule has 1 aliphatic carbocycles. The predicted molar refractivity (Wildman–Crippen MR) is 66.2 cm³/mol. The van der Waals surface area contributed by atoms with Crippen LogP contribution in [0.15, 0.2) is 12.1 Å². The highest BCUT2D eigenvalue weighted by molar-refractivity contribution is 5.46. The third-order valence-electron chi connectivity index (χ3n) is 3.66. The molecule has 3 nitrogen and oxygen atoms in total. The lowest BCUT2D eigenvalue weighted by Gasteiger charge is -2.21. The molecule has 0 saturated heterocycles. The molecule has 0 bridgehead atoms. The number of rotatable bonds is 4. The van der Waals surface area contributed by atoms with Crippen LogP contribution in [0.1, 0.15) is 35.6 Å². The highest BCUT2D eigenvalue weighted by Crippen LogP contribution is 2.41. The number of hydrogen-bond donors (Lipinski definition) is 2. The summed E-state index contributed by atoms with van der Waals surface area (Å²) < 4.78 is 5.36. The lowest BCUT2D eigenvalue weighted by molar-refractivity contribution is 0.00356. The summed E-state index contributed by atoms with van der Waals surface area (Å²) in [5.74, 6) is 0.938. The van der Waals surface area contributed by atoms with E-state index in [1.54, 1.807) is 7.11 Å². The van der Waals surface area contributed by atoms with Crippen LogP contribution < -0.4 is 4.74 Å². The minimum absolute atomic E-state index is 0.247. The molecular weight excluding hydrogens is 216 g/mol. The van der Waals surface area contributed by atoms with Crippen molar-refractivity contribution in [2.24, 2.45) is 5.92 Å². The average molecular weight is 236 g/mol. The first-order valence-corrected chi connectivity index (χ1v) is 6.06. The quantitative estimate of drug-likeness (QED) is 0.842. The maximum absolute atomic E-state index is 10.2. The summed E-state index contributed by atoms with van der Waals surface area (Å²) in [6.07, 6.45) is 0.485. The molecule has 2 rings (SSSR count). The Balaban J connectivity index is 2.33. The van der Waals surface area contributed by atoms with Crippen LogP contribution in [0.25, 0.3) is 0 Å². The van der Waals surface area contributed by atoms with Gasteiger partial charge in [0.2, 0.25) is 0 Å². The van der Waals surface area contributed by atoms with Gasteiger partial charge in [-0.1, -0.05) is 12.1 Å². The van der Waals surface area contributed by atoms with E-state index in [0.29, 0.717) is 11.3 Å². The lowest BCUT2D eigenvalue weighted by atomic mass is 9.96. The van der Waals surface area contributed by atoms with Gasteiger partial charge in [-0.25, -0.2) is 0 Å². The van der Waals surface area contributed by atoms with E-state index >= 15 is 0 Å². The predicted octanol–water partition coefficient (Wildman–Crippen LogP) is 2.12. The molecule has 2 atom stereocenters. The molecule has 17 heavy (non-hydrogen) atoms. The lowest BCUT2D eigenvalue weighted by Crippen LogP contribution is -2.21. The summed E-state index contributed by atoms with van der Waals surface area (Å²) in [6.45, 7) is 3.97. The fourth-order valence-corrected chi connectivity index (χ4v) is 2.19. The zero-order valence-electron chi connectivity index (χ0n) is 10.6. The minimum Gasteiger partial charge on any atom is -0.496 e. The van der Waals surface area contributed by atoms with Crippen molar-refractivity contribution in [3.63, 3.8) is 0 Å². The second kappa shape index (κ2) is 4.67. The van der Waals surface area contributed by atoms with Gasteiger partial charge in [-0.3, -0.25) is 0 Å². The van der Waals surface area contributed by atoms with Crippen LogP contribution >= 0.6 is 0 Å². The van der Waals surface area contributed by atoms with Crippen LogP contribution in [-0.2, 0) is 0 Å². The Labute approximate surface area is 102 Å². The first-order valence-electron chi connectivity index (χ1n) is 6.06. The first kappa shape index (κ1) is 12.4. The summed E-state index contributed by atoms with van der Waals surface area (Å²) in [6, 6.07) is 3.80. The van der Waals surface area contributed by atoms with E-state index < -0.39 is 12.2 Å². The largest absolute Gasteiger partial charge is 0.496 e.